The van der Waals surface area contributed by atoms with Crippen LogP contribution in [0.2, 0.25) is 0 Å². The number of rotatable bonds is 3. The molecule has 0 N–H and O–H groups in total. The van der Waals surface area contributed by atoms with E-state index in [1.165, 1.54) is 0 Å². The molecule has 0 radical (unpaired) electrons. The van der Waals surface area contributed by atoms with E-state index in [4.69, 9.17) is 0 Å². The smallest absolute Gasteiger partial charge is 0.413 e. The van der Waals surface area contributed by atoms with Gasteiger partial charge in [-0.1, -0.05) is 12.8 Å². The van der Waals surface area contributed by atoms with Crippen molar-refractivity contribution >= 4 is 5.97 Å². The summed E-state index contributed by atoms with van der Waals surface area (Å²) in [6, 6.07) is 0. The minimum Gasteiger partial charge on any atom is -0.463 e. The third-order valence-corrected chi connectivity index (χ3v) is 2.68. The number of carbonyl (C=O) groups is 1. The van der Waals surface area contributed by atoms with Crippen molar-refractivity contribution in [2.75, 3.05) is 6.61 Å². The Balaban J connectivity index is 2.82. The molecule has 0 saturated heterocycles. The van der Waals surface area contributed by atoms with Gasteiger partial charge in [0.2, 0.25) is 0 Å². The zero-order valence-corrected chi connectivity index (χ0v) is 9.14. The van der Waals surface area contributed by atoms with Crippen LogP contribution in [-0.4, -0.2) is 18.8 Å². The van der Waals surface area contributed by atoms with E-state index in [-0.39, 0.29) is 6.61 Å². The van der Waals surface area contributed by atoms with Crippen LogP contribution in [0.1, 0.15) is 32.6 Å². The van der Waals surface area contributed by atoms with Crippen LogP contribution >= 0.6 is 0 Å². The number of alkyl halides is 3. The third kappa shape index (κ3) is 3.54. The lowest BCUT2D eigenvalue weighted by Gasteiger charge is -2.17. The summed E-state index contributed by atoms with van der Waals surface area (Å²) in [6.45, 7) is 1.65. The van der Waals surface area contributed by atoms with E-state index in [0.717, 1.165) is 12.8 Å². The highest BCUT2D eigenvalue weighted by molar-refractivity contribution is 5.83. The molecule has 0 spiro atoms. The first kappa shape index (κ1) is 13.1. The van der Waals surface area contributed by atoms with Gasteiger partial charge in [-0.25, -0.2) is 4.79 Å². The fourth-order valence-electron chi connectivity index (χ4n) is 1.98. The summed E-state index contributed by atoms with van der Waals surface area (Å²) in [7, 11) is 0. The fourth-order valence-corrected chi connectivity index (χ4v) is 1.98. The van der Waals surface area contributed by atoms with Crippen LogP contribution < -0.4 is 0 Å². The summed E-state index contributed by atoms with van der Waals surface area (Å²) < 4.78 is 42.6. The predicted octanol–water partition coefficient (Wildman–Crippen LogP) is 3.23. The van der Waals surface area contributed by atoms with Gasteiger partial charge in [0, 0.05) is 11.6 Å². The van der Waals surface area contributed by atoms with Gasteiger partial charge in [0.15, 0.2) is 0 Å². The molecule has 0 aromatic rings. The topological polar surface area (TPSA) is 26.3 Å². The van der Waals surface area contributed by atoms with Crippen molar-refractivity contribution in [2.45, 2.75) is 38.8 Å². The molecule has 2 nitrogen and oxygen atoms in total. The second-order valence-corrected chi connectivity index (χ2v) is 3.83. The van der Waals surface area contributed by atoms with Gasteiger partial charge in [-0.15, -0.1) is 0 Å². The summed E-state index contributed by atoms with van der Waals surface area (Å²) in [5.41, 5.74) is -0.733. The van der Waals surface area contributed by atoms with Crippen molar-refractivity contribution in [3.8, 4) is 0 Å². The van der Waals surface area contributed by atoms with Gasteiger partial charge in [-0.3, -0.25) is 0 Å². The first-order chi connectivity index (χ1) is 7.45. The molecule has 0 atom stereocenters. The molecule has 0 aliphatic heterocycles. The van der Waals surface area contributed by atoms with Gasteiger partial charge >= 0.3 is 12.1 Å². The van der Waals surface area contributed by atoms with Crippen LogP contribution in [0, 0.1) is 5.92 Å². The van der Waals surface area contributed by atoms with Gasteiger partial charge in [0.25, 0.3) is 0 Å². The normalized spacial score (nSPS) is 18.9. The summed E-state index contributed by atoms with van der Waals surface area (Å²) in [5, 5.41) is 0. The average Bonchev–Trinajstić information content (AvgIpc) is 2.65. The van der Waals surface area contributed by atoms with Crippen molar-refractivity contribution in [1.29, 1.82) is 0 Å². The number of hydrogen-bond acceptors (Lipinski definition) is 2. The van der Waals surface area contributed by atoms with Crippen LogP contribution in [0.4, 0.5) is 13.2 Å². The van der Waals surface area contributed by atoms with E-state index in [9.17, 15) is 18.0 Å². The van der Waals surface area contributed by atoms with E-state index < -0.39 is 23.6 Å². The zero-order valence-electron chi connectivity index (χ0n) is 9.14. The van der Waals surface area contributed by atoms with Gasteiger partial charge in [0.1, 0.15) is 0 Å². The molecule has 5 heteroatoms. The molecule has 16 heavy (non-hydrogen) atoms. The van der Waals surface area contributed by atoms with Crippen LogP contribution in [-0.2, 0) is 9.53 Å². The number of hydrogen-bond donors (Lipinski definition) is 0. The van der Waals surface area contributed by atoms with Gasteiger partial charge < -0.3 is 4.74 Å². The lowest BCUT2D eigenvalue weighted by atomic mass is 9.96. The second kappa shape index (κ2) is 5.37. The predicted molar refractivity (Wildman–Crippen MR) is 52.7 cm³/mol. The number of carbonyl (C=O) groups excluding carboxylic acids is 1. The maximum Gasteiger partial charge on any atom is 0.413 e. The Bertz CT molecular complexity index is 275. The zero-order chi connectivity index (χ0) is 12.2. The molecule has 0 aromatic carbocycles. The largest absolute Gasteiger partial charge is 0.463 e. The SMILES string of the molecule is CCOC(=O)C=C(C1CCCC1)C(F)(F)F. The maximum absolute atomic E-state index is 12.7. The molecular weight excluding hydrogens is 221 g/mol. The maximum atomic E-state index is 12.7. The Hall–Kier alpha value is -1.00. The Morgan fingerprint density at radius 2 is 1.94 bits per heavy atom. The van der Waals surface area contributed by atoms with E-state index in [1.54, 1.807) is 6.92 Å². The van der Waals surface area contributed by atoms with Crippen LogP contribution in [0.3, 0.4) is 0 Å². The fraction of sp³-hybridized carbons (Fsp3) is 0.727. The molecular formula is C11H15F3O2. The van der Waals surface area contributed by atoms with Crippen LogP contribution in [0.5, 0.6) is 0 Å². The van der Waals surface area contributed by atoms with E-state index >= 15 is 0 Å². The number of halogens is 3. The first-order valence-corrected chi connectivity index (χ1v) is 5.40. The molecule has 0 heterocycles. The minimum atomic E-state index is -4.43. The quantitative estimate of drug-likeness (QED) is 0.555. The third-order valence-electron chi connectivity index (χ3n) is 2.68. The number of esters is 1. The van der Waals surface area contributed by atoms with E-state index in [0.29, 0.717) is 18.9 Å². The van der Waals surface area contributed by atoms with Crippen molar-refractivity contribution in [1.82, 2.24) is 0 Å². The minimum absolute atomic E-state index is 0.0884. The highest BCUT2D eigenvalue weighted by Gasteiger charge is 2.40. The molecule has 1 aliphatic rings. The van der Waals surface area contributed by atoms with Crippen LogP contribution in [0.15, 0.2) is 11.6 Å². The van der Waals surface area contributed by atoms with Crippen molar-refractivity contribution in [2.24, 2.45) is 5.92 Å². The van der Waals surface area contributed by atoms with Gasteiger partial charge in [-0.2, -0.15) is 13.2 Å². The monoisotopic (exact) mass is 236 g/mol. The Kier molecular flexibility index (Phi) is 4.38. The van der Waals surface area contributed by atoms with E-state index in [2.05, 4.69) is 4.74 Å². The molecule has 92 valence electrons. The molecule has 0 amide bonds. The van der Waals surface area contributed by atoms with Gasteiger partial charge in [-0.05, 0) is 25.7 Å². The number of ether oxygens (including phenoxy) is 1. The number of allylic oxidation sites excluding steroid dienone is 1. The molecule has 0 bridgehead atoms. The van der Waals surface area contributed by atoms with E-state index in [1.807, 2.05) is 0 Å². The van der Waals surface area contributed by atoms with Crippen molar-refractivity contribution in [3.05, 3.63) is 11.6 Å². The first-order valence-electron chi connectivity index (χ1n) is 5.40. The second-order valence-electron chi connectivity index (χ2n) is 3.83. The summed E-state index contributed by atoms with van der Waals surface area (Å²) >= 11 is 0. The average molecular weight is 236 g/mol. The highest BCUT2D eigenvalue weighted by atomic mass is 19.4. The van der Waals surface area contributed by atoms with Crippen LogP contribution in [0.25, 0.3) is 0 Å². The molecule has 0 unspecified atom stereocenters. The highest BCUT2D eigenvalue weighted by Crippen LogP contribution is 2.39. The lowest BCUT2D eigenvalue weighted by molar-refractivity contribution is -0.138. The molecule has 0 aromatic heterocycles. The lowest BCUT2D eigenvalue weighted by Crippen LogP contribution is -2.20. The molecule has 1 fully saturated rings. The Labute approximate surface area is 92.5 Å². The summed E-state index contributed by atoms with van der Waals surface area (Å²) in [5.74, 6) is -1.44. The summed E-state index contributed by atoms with van der Waals surface area (Å²) in [4.78, 5) is 11.1. The standard InChI is InChI=1S/C11H15F3O2/c1-2-16-10(15)7-9(11(12,13)14)8-5-3-4-6-8/h7-8H,2-6H2,1H3. The van der Waals surface area contributed by atoms with Crippen molar-refractivity contribution < 1.29 is 22.7 Å². The summed E-state index contributed by atoms with van der Waals surface area (Å²) in [6.07, 6.45) is -1.22. The Morgan fingerprint density at radius 1 is 1.38 bits per heavy atom. The molecule has 1 saturated carbocycles. The molecule has 1 aliphatic carbocycles. The Morgan fingerprint density at radius 3 is 2.38 bits per heavy atom. The molecule has 1 rings (SSSR count). The van der Waals surface area contributed by atoms with Crippen molar-refractivity contribution in [3.63, 3.8) is 0 Å². The van der Waals surface area contributed by atoms with Gasteiger partial charge in [0.05, 0.1) is 6.61 Å².